The lowest BCUT2D eigenvalue weighted by Gasteiger charge is -2.12. The number of halogens is 1. The highest BCUT2D eigenvalue weighted by molar-refractivity contribution is 6.32. The maximum Gasteiger partial charge on any atom is 0.328 e. The summed E-state index contributed by atoms with van der Waals surface area (Å²) in [6.45, 7) is 4.56. The minimum atomic E-state index is -0.298. The molecule has 0 aliphatic carbocycles. The van der Waals surface area contributed by atoms with E-state index in [0.29, 0.717) is 23.8 Å². The van der Waals surface area contributed by atoms with Crippen LogP contribution in [0.3, 0.4) is 0 Å². The summed E-state index contributed by atoms with van der Waals surface area (Å²) in [4.78, 5) is 11.5. The number of hydrogen-bond acceptors (Lipinski definition) is 4. The summed E-state index contributed by atoms with van der Waals surface area (Å²) in [6, 6.07) is 5.13. The van der Waals surface area contributed by atoms with E-state index in [1.54, 1.807) is 6.07 Å². The second kappa shape index (κ2) is 6.15. The minimum absolute atomic E-state index is 0.0346. The maximum absolute atomic E-state index is 11.5. The van der Waals surface area contributed by atoms with Gasteiger partial charge in [-0.1, -0.05) is 18.5 Å². The van der Waals surface area contributed by atoms with Crippen LogP contribution in [0.15, 0.2) is 18.2 Å². The molecule has 19 heavy (non-hydrogen) atoms. The van der Waals surface area contributed by atoms with Crippen molar-refractivity contribution in [1.29, 1.82) is 0 Å². The molecule has 1 fully saturated rings. The molecule has 0 unspecified atom stereocenters. The molecule has 0 amide bonds. The van der Waals surface area contributed by atoms with Crippen LogP contribution in [0.5, 0.6) is 5.75 Å². The fraction of sp³-hybridized carbons (Fsp3) is 0.500. The molecule has 1 aliphatic rings. The SMILES string of the molecule is CCCOc1ccc(N[C@H]2C[C@H](C)OC2=O)cc1Cl. The van der Waals surface area contributed by atoms with Gasteiger partial charge in [-0.15, -0.1) is 0 Å². The van der Waals surface area contributed by atoms with Gasteiger partial charge in [0.05, 0.1) is 11.6 Å². The molecule has 1 aliphatic heterocycles. The van der Waals surface area contributed by atoms with Crippen LogP contribution in [0, 0.1) is 0 Å². The molecule has 2 atom stereocenters. The van der Waals surface area contributed by atoms with Gasteiger partial charge >= 0.3 is 5.97 Å². The van der Waals surface area contributed by atoms with Gasteiger partial charge < -0.3 is 14.8 Å². The Labute approximate surface area is 118 Å². The number of ether oxygens (including phenoxy) is 2. The molecule has 1 N–H and O–H groups in total. The number of cyclic esters (lactones) is 1. The minimum Gasteiger partial charge on any atom is -0.492 e. The molecule has 0 radical (unpaired) electrons. The van der Waals surface area contributed by atoms with Gasteiger partial charge in [0.15, 0.2) is 0 Å². The Balaban J connectivity index is 2.02. The topological polar surface area (TPSA) is 47.6 Å². The van der Waals surface area contributed by atoms with E-state index in [9.17, 15) is 4.79 Å². The normalized spacial score (nSPS) is 22.2. The van der Waals surface area contributed by atoms with Gasteiger partial charge in [0, 0.05) is 12.1 Å². The number of benzene rings is 1. The zero-order valence-electron chi connectivity index (χ0n) is 11.1. The molecule has 5 heteroatoms. The second-order valence-electron chi connectivity index (χ2n) is 4.67. The van der Waals surface area contributed by atoms with E-state index in [1.165, 1.54) is 0 Å². The third-order valence-corrected chi connectivity index (χ3v) is 3.20. The van der Waals surface area contributed by atoms with Crippen LogP contribution in [-0.4, -0.2) is 24.7 Å². The average Bonchev–Trinajstić information content (AvgIpc) is 2.67. The van der Waals surface area contributed by atoms with Gasteiger partial charge in [-0.05, 0) is 31.5 Å². The molecule has 0 saturated carbocycles. The first kappa shape index (κ1) is 14.0. The Hall–Kier alpha value is -1.42. The van der Waals surface area contributed by atoms with Crippen molar-refractivity contribution in [3.63, 3.8) is 0 Å². The zero-order chi connectivity index (χ0) is 13.8. The Morgan fingerprint density at radius 1 is 1.53 bits per heavy atom. The lowest BCUT2D eigenvalue weighted by Crippen LogP contribution is -2.24. The molecule has 1 aromatic carbocycles. The first-order valence-electron chi connectivity index (χ1n) is 6.49. The third-order valence-electron chi connectivity index (χ3n) is 2.90. The van der Waals surface area contributed by atoms with Crippen LogP contribution in [0.4, 0.5) is 5.69 Å². The van der Waals surface area contributed by atoms with Crippen LogP contribution >= 0.6 is 11.6 Å². The summed E-state index contributed by atoms with van der Waals surface area (Å²) in [5.41, 5.74) is 0.796. The lowest BCUT2D eigenvalue weighted by molar-refractivity contribution is -0.141. The highest BCUT2D eigenvalue weighted by Crippen LogP contribution is 2.29. The van der Waals surface area contributed by atoms with Crippen molar-refractivity contribution >= 4 is 23.3 Å². The fourth-order valence-corrected chi connectivity index (χ4v) is 2.23. The Kier molecular flexibility index (Phi) is 4.53. The van der Waals surface area contributed by atoms with E-state index in [2.05, 4.69) is 5.32 Å². The van der Waals surface area contributed by atoms with E-state index in [4.69, 9.17) is 21.1 Å². The highest BCUT2D eigenvalue weighted by atomic mass is 35.5. The molecule has 4 nitrogen and oxygen atoms in total. The Bertz CT molecular complexity index is 464. The second-order valence-corrected chi connectivity index (χ2v) is 5.08. The molecule has 0 spiro atoms. The zero-order valence-corrected chi connectivity index (χ0v) is 11.9. The van der Waals surface area contributed by atoms with Crippen LogP contribution in [0.25, 0.3) is 0 Å². The van der Waals surface area contributed by atoms with E-state index >= 15 is 0 Å². The molecule has 104 valence electrons. The molecule has 1 saturated heterocycles. The monoisotopic (exact) mass is 283 g/mol. The first-order chi connectivity index (χ1) is 9.10. The summed E-state index contributed by atoms with van der Waals surface area (Å²) < 4.78 is 10.6. The summed E-state index contributed by atoms with van der Waals surface area (Å²) in [6.07, 6.45) is 1.57. The van der Waals surface area contributed by atoms with Crippen LogP contribution in [0.1, 0.15) is 26.7 Å². The third kappa shape index (κ3) is 3.53. The van der Waals surface area contributed by atoms with Gasteiger partial charge in [0.1, 0.15) is 17.9 Å². The predicted octanol–water partition coefficient (Wildman–Crippen LogP) is 3.24. The van der Waals surface area contributed by atoms with Gasteiger partial charge in [0.2, 0.25) is 0 Å². The summed E-state index contributed by atoms with van der Waals surface area (Å²) in [5.74, 6) is 0.450. The summed E-state index contributed by atoms with van der Waals surface area (Å²) >= 11 is 6.13. The number of carbonyl (C=O) groups excluding carboxylic acids is 1. The Morgan fingerprint density at radius 2 is 2.32 bits per heavy atom. The number of nitrogens with one attached hydrogen (secondary N) is 1. The number of rotatable bonds is 5. The number of carbonyl (C=O) groups is 1. The van der Waals surface area contributed by atoms with Gasteiger partial charge in [-0.2, -0.15) is 0 Å². The smallest absolute Gasteiger partial charge is 0.328 e. The molecule has 1 heterocycles. The van der Waals surface area contributed by atoms with E-state index < -0.39 is 0 Å². The molecule has 0 bridgehead atoms. The number of hydrogen-bond donors (Lipinski definition) is 1. The maximum atomic E-state index is 11.5. The summed E-state index contributed by atoms with van der Waals surface area (Å²) in [5, 5.41) is 3.67. The van der Waals surface area contributed by atoms with Crippen molar-refractivity contribution in [2.24, 2.45) is 0 Å². The standard InChI is InChI=1S/C14H18ClNO3/c1-3-6-18-13-5-4-10(8-11(13)15)16-12-7-9(2)19-14(12)17/h4-5,8-9,12,16H,3,6-7H2,1-2H3/t9-,12-/m0/s1. The first-order valence-corrected chi connectivity index (χ1v) is 6.87. The van der Waals surface area contributed by atoms with Crippen LogP contribution in [-0.2, 0) is 9.53 Å². The van der Waals surface area contributed by atoms with E-state index in [-0.39, 0.29) is 18.1 Å². The Morgan fingerprint density at radius 3 is 2.89 bits per heavy atom. The van der Waals surface area contributed by atoms with Crippen LogP contribution < -0.4 is 10.1 Å². The highest BCUT2D eigenvalue weighted by Gasteiger charge is 2.31. The molecular weight excluding hydrogens is 266 g/mol. The number of anilines is 1. The lowest BCUT2D eigenvalue weighted by atomic mass is 10.2. The van der Waals surface area contributed by atoms with Gasteiger partial charge in [-0.3, -0.25) is 0 Å². The van der Waals surface area contributed by atoms with E-state index in [0.717, 1.165) is 12.1 Å². The number of esters is 1. The quantitative estimate of drug-likeness (QED) is 0.843. The summed E-state index contributed by atoms with van der Waals surface area (Å²) in [7, 11) is 0. The van der Waals surface area contributed by atoms with Gasteiger partial charge in [0.25, 0.3) is 0 Å². The predicted molar refractivity (Wildman–Crippen MR) is 74.8 cm³/mol. The largest absolute Gasteiger partial charge is 0.492 e. The van der Waals surface area contributed by atoms with Crippen molar-refractivity contribution in [2.45, 2.75) is 38.8 Å². The molecular formula is C14H18ClNO3. The van der Waals surface area contributed by atoms with Crippen molar-refractivity contribution in [3.05, 3.63) is 23.2 Å². The fourth-order valence-electron chi connectivity index (χ4n) is 2.00. The molecule has 0 aromatic heterocycles. The van der Waals surface area contributed by atoms with Crippen LogP contribution in [0.2, 0.25) is 5.02 Å². The van der Waals surface area contributed by atoms with E-state index in [1.807, 2.05) is 26.0 Å². The van der Waals surface area contributed by atoms with Crippen molar-refractivity contribution in [1.82, 2.24) is 0 Å². The molecule has 2 rings (SSSR count). The molecule has 1 aromatic rings. The van der Waals surface area contributed by atoms with Gasteiger partial charge in [-0.25, -0.2) is 4.79 Å². The van der Waals surface area contributed by atoms with Crippen molar-refractivity contribution < 1.29 is 14.3 Å². The van der Waals surface area contributed by atoms with Crippen molar-refractivity contribution in [3.8, 4) is 5.75 Å². The van der Waals surface area contributed by atoms with Crippen molar-refractivity contribution in [2.75, 3.05) is 11.9 Å². The average molecular weight is 284 g/mol.